The number of amides is 1. The van der Waals surface area contributed by atoms with Crippen LogP contribution in [0.2, 0.25) is 0 Å². The number of imidazole rings is 1. The van der Waals surface area contributed by atoms with Gasteiger partial charge in [0.25, 0.3) is 5.91 Å². The van der Waals surface area contributed by atoms with Crippen molar-refractivity contribution in [2.45, 2.75) is 10.9 Å². The van der Waals surface area contributed by atoms with Gasteiger partial charge in [0.2, 0.25) is 0 Å². The Bertz CT molecular complexity index is 860. The van der Waals surface area contributed by atoms with Crippen LogP contribution in [0.5, 0.6) is 0 Å². The van der Waals surface area contributed by atoms with E-state index >= 15 is 0 Å². The highest BCUT2D eigenvalue weighted by molar-refractivity contribution is 7.90. The van der Waals surface area contributed by atoms with E-state index < -0.39 is 9.84 Å². The molecule has 3 rings (SSSR count). The zero-order valence-electron chi connectivity index (χ0n) is 13.6. The fraction of sp³-hybridized carbons (Fsp3) is 0.375. The van der Waals surface area contributed by atoms with Crippen molar-refractivity contribution in [1.82, 2.24) is 19.8 Å². The molecule has 8 heteroatoms. The van der Waals surface area contributed by atoms with Crippen LogP contribution in [0.15, 0.2) is 41.6 Å². The first kappa shape index (κ1) is 16.7. The minimum atomic E-state index is -3.35. The van der Waals surface area contributed by atoms with Gasteiger partial charge in [0.15, 0.2) is 9.84 Å². The molecule has 0 saturated carbocycles. The monoisotopic (exact) mass is 348 g/mol. The van der Waals surface area contributed by atoms with E-state index in [2.05, 4.69) is 10.3 Å². The molecule has 1 atom stereocenters. The average molecular weight is 348 g/mol. The molecule has 1 aliphatic rings. The molecular formula is C16H20N4O3S. The Balaban J connectivity index is 1.94. The smallest absolute Gasteiger partial charge is 0.254 e. The van der Waals surface area contributed by atoms with Crippen molar-refractivity contribution in [2.24, 2.45) is 7.05 Å². The minimum Gasteiger partial charge on any atom is -0.336 e. The molecule has 7 nitrogen and oxygen atoms in total. The zero-order chi connectivity index (χ0) is 17.3. The van der Waals surface area contributed by atoms with E-state index in [9.17, 15) is 13.2 Å². The first-order valence-electron chi connectivity index (χ1n) is 7.67. The molecule has 1 N–H and O–H groups in total. The lowest BCUT2D eigenvalue weighted by Gasteiger charge is -2.35. The van der Waals surface area contributed by atoms with E-state index in [4.69, 9.17) is 0 Å². The summed E-state index contributed by atoms with van der Waals surface area (Å²) in [6.45, 7) is 1.85. The lowest BCUT2D eigenvalue weighted by Crippen LogP contribution is -2.49. The molecule has 1 unspecified atom stereocenters. The largest absolute Gasteiger partial charge is 0.336 e. The molecule has 0 spiro atoms. The van der Waals surface area contributed by atoms with Crippen LogP contribution < -0.4 is 5.32 Å². The molecule has 1 amide bonds. The molecule has 1 fully saturated rings. The quantitative estimate of drug-likeness (QED) is 0.879. The van der Waals surface area contributed by atoms with Crippen LogP contribution in [0.25, 0.3) is 0 Å². The number of aryl methyl sites for hydroxylation is 1. The summed E-state index contributed by atoms with van der Waals surface area (Å²) in [5.74, 6) is 0.616. The number of carbonyl (C=O) groups is 1. The van der Waals surface area contributed by atoms with Crippen LogP contribution in [-0.4, -0.2) is 54.7 Å². The Kier molecular flexibility index (Phi) is 4.42. The van der Waals surface area contributed by atoms with E-state index in [-0.39, 0.29) is 16.8 Å². The summed E-state index contributed by atoms with van der Waals surface area (Å²) in [6.07, 6.45) is 4.69. The van der Waals surface area contributed by atoms with Crippen molar-refractivity contribution in [1.29, 1.82) is 0 Å². The van der Waals surface area contributed by atoms with E-state index in [1.54, 1.807) is 23.2 Å². The third kappa shape index (κ3) is 3.20. The third-order valence-corrected chi connectivity index (χ3v) is 5.28. The number of hydrogen-bond acceptors (Lipinski definition) is 5. The third-order valence-electron chi connectivity index (χ3n) is 4.17. The van der Waals surface area contributed by atoms with Gasteiger partial charge >= 0.3 is 0 Å². The summed E-state index contributed by atoms with van der Waals surface area (Å²) in [6, 6.07) is 6.00. The lowest BCUT2D eigenvalue weighted by atomic mass is 10.1. The fourth-order valence-electron chi connectivity index (χ4n) is 2.90. The fourth-order valence-corrected chi connectivity index (χ4v) is 3.57. The number of piperazine rings is 1. The van der Waals surface area contributed by atoms with Gasteiger partial charge in [-0.25, -0.2) is 13.4 Å². The molecule has 2 aromatic rings. The maximum Gasteiger partial charge on any atom is 0.254 e. The van der Waals surface area contributed by atoms with Crippen LogP contribution in [0.1, 0.15) is 22.2 Å². The lowest BCUT2D eigenvalue weighted by molar-refractivity contribution is 0.0620. The predicted molar refractivity (Wildman–Crippen MR) is 89.4 cm³/mol. The highest BCUT2D eigenvalue weighted by atomic mass is 32.2. The summed E-state index contributed by atoms with van der Waals surface area (Å²) in [4.78, 5) is 19.2. The van der Waals surface area contributed by atoms with Crippen molar-refractivity contribution in [3.05, 3.63) is 48.0 Å². The van der Waals surface area contributed by atoms with Gasteiger partial charge in [0.05, 0.1) is 4.90 Å². The van der Waals surface area contributed by atoms with E-state index in [0.29, 0.717) is 25.2 Å². The Morgan fingerprint density at radius 1 is 1.38 bits per heavy atom. The SMILES string of the molecule is Cn1ccnc1C1CNCCN1C(=O)c1cccc(S(C)(=O)=O)c1. The summed E-state index contributed by atoms with van der Waals surface area (Å²) in [7, 11) is -1.46. The number of rotatable bonds is 3. The van der Waals surface area contributed by atoms with Gasteiger partial charge in [0.1, 0.15) is 11.9 Å². The standard InChI is InChI=1S/C16H20N4O3S/c1-19-8-7-18-15(19)14-11-17-6-9-20(14)16(21)12-4-3-5-13(10-12)24(2,22)23/h3-5,7-8,10,14,17H,6,9,11H2,1-2H3. The highest BCUT2D eigenvalue weighted by Gasteiger charge is 2.31. The van der Waals surface area contributed by atoms with Gasteiger partial charge in [-0.05, 0) is 18.2 Å². The number of benzene rings is 1. The van der Waals surface area contributed by atoms with Gasteiger partial charge in [0, 0.05) is 50.9 Å². The number of hydrogen-bond donors (Lipinski definition) is 1. The Hall–Kier alpha value is -2.19. The van der Waals surface area contributed by atoms with Crippen molar-refractivity contribution in [2.75, 3.05) is 25.9 Å². The number of sulfone groups is 1. The van der Waals surface area contributed by atoms with Crippen LogP contribution in [0.4, 0.5) is 0 Å². The van der Waals surface area contributed by atoms with Crippen molar-refractivity contribution in [3.63, 3.8) is 0 Å². The van der Waals surface area contributed by atoms with Gasteiger partial charge in [-0.2, -0.15) is 0 Å². The maximum atomic E-state index is 13.0. The van der Waals surface area contributed by atoms with Gasteiger partial charge in [-0.3, -0.25) is 4.79 Å². The molecule has 1 aromatic heterocycles. The Morgan fingerprint density at radius 3 is 2.83 bits per heavy atom. The van der Waals surface area contributed by atoms with Crippen molar-refractivity contribution in [3.8, 4) is 0 Å². The van der Waals surface area contributed by atoms with Gasteiger partial charge in [-0.1, -0.05) is 6.07 Å². The maximum absolute atomic E-state index is 13.0. The molecule has 1 saturated heterocycles. The van der Waals surface area contributed by atoms with Gasteiger partial charge < -0.3 is 14.8 Å². The number of nitrogens with zero attached hydrogens (tertiary/aromatic N) is 3. The van der Waals surface area contributed by atoms with E-state index in [1.807, 2.05) is 17.8 Å². The second-order valence-electron chi connectivity index (χ2n) is 5.91. The first-order valence-corrected chi connectivity index (χ1v) is 9.56. The topological polar surface area (TPSA) is 84.3 Å². The molecule has 2 heterocycles. The number of aromatic nitrogens is 2. The summed E-state index contributed by atoms with van der Waals surface area (Å²) < 4.78 is 25.4. The molecule has 0 bridgehead atoms. The van der Waals surface area contributed by atoms with Crippen LogP contribution >= 0.6 is 0 Å². The second kappa shape index (κ2) is 6.37. The molecule has 0 aliphatic carbocycles. The predicted octanol–water partition coefficient (Wildman–Crippen LogP) is 0.610. The molecule has 24 heavy (non-hydrogen) atoms. The Labute approximate surface area is 141 Å². The van der Waals surface area contributed by atoms with Gasteiger partial charge in [-0.15, -0.1) is 0 Å². The number of nitrogens with one attached hydrogen (secondary N) is 1. The molecule has 1 aromatic carbocycles. The normalized spacial score (nSPS) is 18.6. The number of carbonyl (C=O) groups excluding carboxylic acids is 1. The van der Waals surface area contributed by atoms with E-state index in [1.165, 1.54) is 12.1 Å². The van der Waals surface area contributed by atoms with Crippen LogP contribution in [-0.2, 0) is 16.9 Å². The first-order chi connectivity index (χ1) is 11.4. The average Bonchev–Trinajstić information content (AvgIpc) is 2.99. The van der Waals surface area contributed by atoms with E-state index in [0.717, 1.165) is 12.1 Å². The summed E-state index contributed by atoms with van der Waals surface area (Å²) >= 11 is 0. The summed E-state index contributed by atoms with van der Waals surface area (Å²) in [5.41, 5.74) is 0.374. The molecule has 0 radical (unpaired) electrons. The molecule has 1 aliphatic heterocycles. The molecular weight excluding hydrogens is 328 g/mol. The van der Waals surface area contributed by atoms with Crippen molar-refractivity contribution < 1.29 is 13.2 Å². The summed E-state index contributed by atoms with van der Waals surface area (Å²) in [5, 5.41) is 3.28. The zero-order valence-corrected chi connectivity index (χ0v) is 14.5. The van der Waals surface area contributed by atoms with Crippen LogP contribution in [0, 0.1) is 0 Å². The van der Waals surface area contributed by atoms with Crippen LogP contribution in [0.3, 0.4) is 0 Å². The van der Waals surface area contributed by atoms with Crippen molar-refractivity contribution >= 4 is 15.7 Å². The Morgan fingerprint density at radius 2 is 2.17 bits per heavy atom. The second-order valence-corrected chi connectivity index (χ2v) is 7.93. The molecule has 128 valence electrons. The minimum absolute atomic E-state index is 0.150. The highest BCUT2D eigenvalue weighted by Crippen LogP contribution is 2.23.